The first-order valence-corrected chi connectivity index (χ1v) is 9.02. The zero-order chi connectivity index (χ0) is 17.9. The van der Waals surface area contributed by atoms with Crippen molar-refractivity contribution in [2.75, 3.05) is 32.8 Å². The number of hydrogen-bond donors (Lipinski definition) is 1. The van der Waals surface area contributed by atoms with Crippen LogP contribution in [0.2, 0.25) is 0 Å². The Kier molecular flexibility index (Phi) is 8.39. The second-order valence-corrected chi connectivity index (χ2v) is 6.37. The highest BCUT2D eigenvalue weighted by Crippen LogP contribution is 2.09. The Morgan fingerprint density at radius 3 is 2.40 bits per heavy atom. The first-order valence-electron chi connectivity index (χ1n) is 9.02. The molecule has 5 nitrogen and oxygen atoms in total. The van der Waals surface area contributed by atoms with Gasteiger partial charge in [-0.2, -0.15) is 0 Å². The molecule has 6 heteroatoms. The molecule has 1 aliphatic heterocycles. The maximum absolute atomic E-state index is 12.8. The first kappa shape index (κ1) is 19.4. The van der Waals surface area contributed by atoms with Gasteiger partial charge in [-0.05, 0) is 43.4 Å². The number of aryl methyl sites for hydroxylation is 1. The molecule has 0 saturated carbocycles. The van der Waals surface area contributed by atoms with Crippen molar-refractivity contribution in [3.05, 3.63) is 35.6 Å². The Hall–Kier alpha value is -1.95. The van der Waals surface area contributed by atoms with Gasteiger partial charge in [0.05, 0.1) is 0 Å². The van der Waals surface area contributed by atoms with Crippen molar-refractivity contribution >= 4 is 11.8 Å². The molecule has 1 N–H and O–H groups in total. The van der Waals surface area contributed by atoms with Crippen LogP contribution in [0.1, 0.15) is 37.7 Å². The Labute approximate surface area is 148 Å². The molecule has 2 amide bonds. The summed E-state index contributed by atoms with van der Waals surface area (Å²) in [6.07, 6.45) is 5.97. The molecule has 1 fully saturated rings. The molecule has 0 spiro atoms. The largest absolute Gasteiger partial charge is 0.362 e. The number of ether oxygens (including phenoxy) is 1. The van der Waals surface area contributed by atoms with Crippen LogP contribution in [0.3, 0.4) is 0 Å². The highest BCUT2D eigenvalue weighted by molar-refractivity contribution is 5.79. The van der Waals surface area contributed by atoms with E-state index in [1.807, 2.05) is 4.90 Å². The molecule has 0 aromatic heterocycles. The minimum Gasteiger partial charge on any atom is -0.362 e. The third-order valence-corrected chi connectivity index (χ3v) is 4.30. The van der Waals surface area contributed by atoms with E-state index in [4.69, 9.17) is 4.74 Å². The van der Waals surface area contributed by atoms with E-state index in [1.54, 1.807) is 12.1 Å². The van der Waals surface area contributed by atoms with Crippen molar-refractivity contribution in [3.63, 3.8) is 0 Å². The number of amides is 2. The summed E-state index contributed by atoms with van der Waals surface area (Å²) in [6, 6.07) is 6.36. The molecule has 1 saturated heterocycles. The molecule has 1 aromatic carbocycles. The van der Waals surface area contributed by atoms with Crippen molar-refractivity contribution < 1.29 is 18.7 Å². The number of likely N-dealkylation sites (tertiary alicyclic amines) is 1. The van der Waals surface area contributed by atoms with Gasteiger partial charge in [-0.15, -0.1) is 0 Å². The van der Waals surface area contributed by atoms with Gasteiger partial charge < -0.3 is 15.0 Å². The summed E-state index contributed by atoms with van der Waals surface area (Å²) in [6.45, 7) is 1.97. The summed E-state index contributed by atoms with van der Waals surface area (Å²) in [7, 11) is 0. The van der Waals surface area contributed by atoms with E-state index in [2.05, 4.69) is 5.32 Å². The predicted octanol–water partition coefficient (Wildman–Crippen LogP) is 2.29. The van der Waals surface area contributed by atoms with Crippen LogP contribution in [0.25, 0.3) is 0 Å². The first-order chi connectivity index (χ1) is 12.1. The molecular formula is C19H27FN2O3. The number of nitrogens with one attached hydrogen (secondary N) is 1. The molecule has 1 aromatic rings. The molecule has 0 atom stereocenters. The van der Waals surface area contributed by atoms with Gasteiger partial charge in [-0.25, -0.2) is 4.39 Å². The third-order valence-electron chi connectivity index (χ3n) is 4.30. The van der Waals surface area contributed by atoms with Crippen molar-refractivity contribution in [1.29, 1.82) is 0 Å². The maximum Gasteiger partial charge on any atom is 0.248 e. The highest BCUT2D eigenvalue weighted by Gasteiger charge is 2.15. The summed E-state index contributed by atoms with van der Waals surface area (Å²) in [5.74, 6) is -0.502. The molecule has 1 heterocycles. The van der Waals surface area contributed by atoms with Crippen LogP contribution in [0, 0.1) is 5.82 Å². The van der Waals surface area contributed by atoms with E-state index in [9.17, 15) is 14.0 Å². The average Bonchev–Trinajstić information content (AvgIpc) is 2.89. The van der Waals surface area contributed by atoms with Crippen LogP contribution in [0.4, 0.5) is 4.39 Å². The van der Waals surface area contributed by atoms with Crippen LogP contribution in [0.5, 0.6) is 0 Å². The lowest BCUT2D eigenvalue weighted by Gasteiger charge is -2.20. The normalized spacial score (nSPS) is 14.8. The summed E-state index contributed by atoms with van der Waals surface area (Å²) in [5.41, 5.74) is 1.04. The highest BCUT2D eigenvalue weighted by atomic mass is 19.1. The Balaban J connectivity index is 1.53. The number of rotatable bonds is 8. The van der Waals surface area contributed by atoms with E-state index in [-0.39, 0.29) is 30.8 Å². The quantitative estimate of drug-likeness (QED) is 0.732. The van der Waals surface area contributed by atoms with Gasteiger partial charge >= 0.3 is 0 Å². The second kappa shape index (κ2) is 10.8. The predicted molar refractivity (Wildman–Crippen MR) is 93.6 cm³/mol. The average molecular weight is 350 g/mol. The van der Waals surface area contributed by atoms with E-state index >= 15 is 0 Å². The van der Waals surface area contributed by atoms with E-state index in [0.29, 0.717) is 6.54 Å². The number of benzene rings is 1. The Morgan fingerprint density at radius 2 is 1.72 bits per heavy atom. The van der Waals surface area contributed by atoms with Crippen molar-refractivity contribution in [2.24, 2.45) is 0 Å². The van der Waals surface area contributed by atoms with Crippen LogP contribution >= 0.6 is 0 Å². The Bertz CT molecular complexity index is 540. The third kappa shape index (κ3) is 7.65. The van der Waals surface area contributed by atoms with Gasteiger partial charge in [0.15, 0.2) is 0 Å². The van der Waals surface area contributed by atoms with Gasteiger partial charge in [-0.3, -0.25) is 9.59 Å². The molecule has 0 aliphatic carbocycles. The standard InChI is InChI=1S/C19H27FN2O3/c20-17-9-7-16(8-10-17)6-5-11-21-18(23)14-25-15-19(24)22-12-3-1-2-4-13-22/h7-10H,1-6,11-15H2,(H,21,23). The van der Waals surface area contributed by atoms with Crippen molar-refractivity contribution in [2.45, 2.75) is 38.5 Å². The molecule has 0 unspecified atom stereocenters. The van der Waals surface area contributed by atoms with Crippen LogP contribution in [-0.4, -0.2) is 49.6 Å². The van der Waals surface area contributed by atoms with Gasteiger partial charge in [0.1, 0.15) is 19.0 Å². The fourth-order valence-corrected chi connectivity index (χ4v) is 2.86. The minimum atomic E-state index is -0.246. The van der Waals surface area contributed by atoms with Gasteiger partial charge in [0, 0.05) is 19.6 Å². The minimum absolute atomic E-state index is 0.0361. The van der Waals surface area contributed by atoms with Crippen molar-refractivity contribution in [3.8, 4) is 0 Å². The number of nitrogens with zero attached hydrogens (tertiary/aromatic N) is 1. The zero-order valence-corrected chi connectivity index (χ0v) is 14.6. The van der Waals surface area contributed by atoms with Crippen LogP contribution < -0.4 is 5.32 Å². The topological polar surface area (TPSA) is 58.6 Å². The van der Waals surface area contributed by atoms with Gasteiger partial charge in [0.25, 0.3) is 0 Å². The smallest absolute Gasteiger partial charge is 0.248 e. The lowest BCUT2D eigenvalue weighted by molar-refractivity contribution is -0.138. The molecule has 1 aliphatic rings. The van der Waals surface area contributed by atoms with Gasteiger partial charge in [-0.1, -0.05) is 25.0 Å². The fraction of sp³-hybridized carbons (Fsp3) is 0.579. The molecule has 25 heavy (non-hydrogen) atoms. The number of carbonyl (C=O) groups excluding carboxylic acids is 2. The molecule has 0 radical (unpaired) electrons. The summed E-state index contributed by atoms with van der Waals surface area (Å²) < 4.78 is 18.0. The lowest BCUT2D eigenvalue weighted by Crippen LogP contribution is -2.36. The fourth-order valence-electron chi connectivity index (χ4n) is 2.86. The Morgan fingerprint density at radius 1 is 1.04 bits per heavy atom. The van der Waals surface area contributed by atoms with E-state index in [1.165, 1.54) is 25.0 Å². The van der Waals surface area contributed by atoms with Crippen LogP contribution in [0.15, 0.2) is 24.3 Å². The lowest BCUT2D eigenvalue weighted by atomic mass is 10.1. The molecule has 0 bridgehead atoms. The monoisotopic (exact) mass is 350 g/mol. The number of halogens is 1. The molecule has 2 rings (SSSR count). The second-order valence-electron chi connectivity index (χ2n) is 6.37. The molecular weight excluding hydrogens is 323 g/mol. The van der Waals surface area contributed by atoms with Crippen molar-refractivity contribution in [1.82, 2.24) is 10.2 Å². The maximum atomic E-state index is 12.8. The SMILES string of the molecule is O=C(COCC(=O)N1CCCCCC1)NCCCc1ccc(F)cc1. The van der Waals surface area contributed by atoms with E-state index in [0.717, 1.165) is 44.3 Å². The zero-order valence-electron chi connectivity index (χ0n) is 14.6. The molecule has 138 valence electrons. The van der Waals surface area contributed by atoms with Crippen LogP contribution in [-0.2, 0) is 20.7 Å². The number of hydrogen-bond acceptors (Lipinski definition) is 3. The van der Waals surface area contributed by atoms with E-state index < -0.39 is 0 Å². The number of carbonyl (C=O) groups is 2. The summed E-state index contributed by atoms with van der Waals surface area (Å²) >= 11 is 0. The summed E-state index contributed by atoms with van der Waals surface area (Å²) in [4.78, 5) is 25.5. The van der Waals surface area contributed by atoms with Gasteiger partial charge in [0.2, 0.25) is 11.8 Å². The summed E-state index contributed by atoms with van der Waals surface area (Å²) in [5, 5.41) is 2.76.